The van der Waals surface area contributed by atoms with Crippen LogP contribution < -0.4 is 0 Å². The van der Waals surface area contributed by atoms with Gasteiger partial charge in [0.15, 0.2) is 0 Å². The standard InChI is InChI=1S/C22H42O4/c1-4-7-8-9-10-11-12-13-14-18-25-21(23)16-15-17-22(24)26-19-20(5-2)6-3/h20H,4-19H2,1-3H3. The average Bonchev–Trinajstić information content (AvgIpc) is 2.64. The number of carbonyl (C=O) groups is 2. The Balaban J connectivity index is 3.40. The van der Waals surface area contributed by atoms with Crippen molar-refractivity contribution >= 4 is 11.9 Å². The summed E-state index contributed by atoms with van der Waals surface area (Å²) < 4.78 is 10.5. The summed E-state index contributed by atoms with van der Waals surface area (Å²) >= 11 is 0. The highest BCUT2D eigenvalue weighted by Crippen LogP contribution is 2.10. The van der Waals surface area contributed by atoms with E-state index in [1.807, 2.05) is 0 Å². The zero-order valence-electron chi connectivity index (χ0n) is 17.5. The maximum Gasteiger partial charge on any atom is 0.305 e. The van der Waals surface area contributed by atoms with Crippen LogP contribution in [0.1, 0.15) is 111 Å². The topological polar surface area (TPSA) is 52.6 Å². The Labute approximate surface area is 161 Å². The SMILES string of the molecule is CCCCCCCCCCCOC(=O)CCCC(=O)OCC(CC)CC. The van der Waals surface area contributed by atoms with E-state index >= 15 is 0 Å². The molecule has 0 bridgehead atoms. The maximum absolute atomic E-state index is 11.6. The first kappa shape index (κ1) is 24.9. The summed E-state index contributed by atoms with van der Waals surface area (Å²) in [6, 6.07) is 0. The average molecular weight is 371 g/mol. The van der Waals surface area contributed by atoms with Gasteiger partial charge in [-0.05, 0) is 18.8 Å². The summed E-state index contributed by atoms with van der Waals surface area (Å²) in [5.41, 5.74) is 0. The zero-order chi connectivity index (χ0) is 19.5. The van der Waals surface area contributed by atoms with Crippen LogP contribution in [0.2, 0.25) is 0 Å². The molecule has 0 aromatic carbocycles. The summed E-state index contributed by atoms with van der Waals surface area (Å²) in [5, 5.41) is 0. The molecule has 0 aromatic heterocycles. The molecule has 0 aromatic rings. The van der Waals surface area contributed by atoms with Crippen LogP contribution in [0.5, 0.6) is 0 Å². The molecule has 26 heavy (non-hydrogen) atoms. The molecular weight excluding hydrogens is 328 g/mol. The molecule has 0 heterocycles. The molecule has 0 atom stereocenters. The van der Waals surface area contributed by atoms with Crippen LogP contribution in [0.25, 0.3) is 0 Å². The maximum atomic E-state index is 11.6. The molecular formula is C22H42O4. The molecule has 0 aliphatic rings. The number of ether oxygens (including phenoxy) is 2. The second-order valence-corrected chi connectivity index (χ2v) is 7.27. The third-order valence-electron chi connectivity index (χ3n) is 4.91. The number of hydrogen-bond acceptors (Lipinski definition) is 4. The second-order valence-electron chi connectivity index (χ2n) is 7.27. The zero-order valence-corrected chi connectivity index (χ0v) is 17.5. The summed E-state index contributed by atoms with van der Waals surface area (Å²) in [6.07, 6.45) is 14.4. The van der Waals surface area contributed by atoms with Crippen LogP contribution in [0.4, 0.5) is 0 Å². The number of unbranched alkanes of at least 4 members (excludes halogenated alkanes) is 8. The first-order chi connectivity index (χ1) is 12.6. The van der Waals surface area contributed by atoms with Gasteiger partial charge in [-0.3, -0.25) is 9.59 Å². The highest BCUT2D eigenvalue weighted by atomic mass is 16.5. The lowest BCUT2D eigenvalue weighted by atomic mass is 10.1. The molecule has 0 amide bonds. The Morgan fingerprint density at radius 1 is 0.654 bits per heavy atom. The van der Waals surface area contributed by atoms with E-state index < -0.39 is 0 Å². The van der Waals surface area contributed by atoms with E-state index in [4.69, 9.17) is 9.47 Å². The lowest BCUT2D eigenvalue weighted by molar-refractivity contribution is -0.146. The molecule has 0 aliphatic heterocycles. The molecule has 0 fully saturated rings. The quantitative estimate of drug-likeness (QED) is 0.212. The van der Waals surface area contributed by atoms with Crippen LogP contribution in [-0.4, -0.2) is 25.2 Å². The van der Waals surface area contributed by atoms with Gasteiger partial charge in [0.2, 0.25) is 0 Å². The van der Waals surface area contributed by atoms with E-state index in [0.717, 1.165) is 25.7 Å². The van der Waals surface area contributed by atoms with E-state index in [9.17, 15) is 9.59 Å². The Morgan fingerprint density at radius 3 is 1.69 bits per heavy atom. The number of esters is 2. The van der Waals surface area contributed by atoms with Gasteiger partial charge in [0, 0.05) is 12.8 Å². The minimum Gasteiger partial charge on any atom is -0.466 e. The van der Waals surface area contributed by atoms with Gasteiger partial charge in [-0.25, -0.2) is 0 Å². The van der Waals surface area contributed by atoms with Crippen molar-refractivity contribution in [3.8, 4) is 0 Å². The highest BCUT2D eigenvalue weighted by molar-refractivity contribution is 5.72. The molecule has 0 N–H and O–H groups in total. The monoisotopic (exact) mass is 370 g/mol. The van der Waals surface area contributed by atoms with Crippen molar-refractivity contribution in [3.63, 3.8) is 0 Å². The molecule has 4 heteroatoms. The van der Waals surface area contributed by atoms with E-state index in [0.29, 0.717) is 38.4 Å². The van der Waals surface area contributed by atoms with Crippen molar-refractivity contribution < 1.29 is 19.1 Å². The molecule has 0 unspecified atom stereocenters. The number of carbonyl (C=O) groups excluding carboxylic acids is 2. The fourth-order valence-electron chi connectivity index (χ4n) is 2.86. The van der Waals surface area contributed by atoms with Crippen LogP contribution in [0.3, 0.4) is 0 Å². The van der Waals surface area contributed by atoms with Crippen LogP contribution in [-0.2, 0) is 19.1 Å². The fraction of sp³-hybridized carbons (Fsp3) is 0.909. The number of rotatable bonds is 18. The van der Waals surface area contributed by atoms with Gasteiger partial charge in [-0.2, -0.15) is 0 Å². The van der Waals surface area contributed by atoms with Gasteiger partial charge in [0.25, 0.3) is 0 Å². The summed E-state index contributed by atoms with van der Waals surface area (Å²) in [7, 11) is 0. The van der Waals surface area contributed by atoms with Gasteiger partial charge >= 0.3 is 11.9 Å². The smallest absolute Gasteiger partial charge is 0.305 e. The molecule has 0 radical (unpaired) electrons. The molecule has 0 spiro atoms. The van der Waals surface area contributed by atoms with Crippen LogP contribution in [0, 0.1) is 5.92 Å². The molecule has 0 aliphatic carbocycles. The van der Waals surface area contributed by atoms with Crippen molar-refractivity contribution in [2.75, 3.05) is 13.2 Å². The fourth-order valence-corrected chi connectivity index (χ4v) is 2.86. The Hall–Kier alpha value is -1.06. The largest absolute Gasteiger partial charge is 0.466 e. The Kier molecular flexibility index (Phi) is 18.0. The lowest BCUT2D eigenvalue weighted by Crippen LogP contribution is -2.13. The van der Waals surface area contributed by atoms with Crippen LogP contribution >= 0.6 is 0 Å². The van der Waals surface area contributed by atoms with Crippen LogP contribution in [0.15, 0.2) is 0 Å². The number of hydrogen-bond donors (Lipinski definition) is 0. The first-order valence-corrected chi connectivity index (χ1v) is 10.9. The van der Waals surface area contributed by atoms with Crippen molar-refractivity contribution in [1.29, 1.82) is 0 Å². The van der Waals surface area contributed by atoms with Crippen molar-refractivity contribution in [2.24, 2.45) is 5.92 Å². The highest BCUT2D eigenvalue weighted by Gasteiger charge is 2.10. The van der Waals surface area contributed by atoms with E-state index in [1.54, 1.807) is 0 Å². The summed E-state index contributed by atoms with van der Waals surface area (Å²) in [4.78, 5) is 23.3. The predicted molar refractivity (Wildman–Crippen MR) is 107 cm³/mol. The second kappa shape index (κ2) is 18.7. The minimum atomic E-state index is -0.205. The van der Waals surface area contributed by atoms with Crippen molar-refractivity contribution in [3.05, 3.63) is 0 Å². The van der Waals surface area contributed by atoms with E-state index in [2.05, 4.69) is 20.8 Å². The lowest BCUT2D eigenvalue weighted by Gasteiger charge is -2.12. The van der Waals surface area contributed by atoms with Gasteiger partial charge in [0.1, 0.15) is 0 Å². The normalized spacial score (nSPS) is 10.9. The Bertz CT molecular complexity index is 337. The summed E-state index contributed by atoms with van der Waals surface area (Å²) in [6.45, 7) is 7.45. The van der Waals surface area contributed by atoms with Gasteiger partial charge in [-0.15, -0.1) is 0 Å². The van der Waals surface area contributed by atoms with E-state index in [-0.39, 0.29) is 11.9 Å². The van der Waals surface area contributed by atoms with Crippen molar-refractivity contribution in [1.82, 2.24) is 0 Å². The van der Waals surface area contributed by atoms with Crippen molar-refractivity contribution in [2.45, 2.75) is 111 Å². The molecule has 0 saturated carbocycles. The third-order valence-corrected chi connectivity index (χ3v) is 4.91. The molecule has 154 valence electrons. The Morgan fingerprint density at radius 2 is 1.15 bits per heavy atom. The molecule has 4 nitrogen and oxygen atoms in total. The van der Waals surface area contributed by atoms with Gasteiger partial charge in [0.05, 0.1) is 13.2 Å². The minimum absolute atomic E-state index is 0.197. The van der Waals surface area contributed by atoms with Gasteiger partial charge < -0.3 is 9.47 Å². The molecule has 0 saturated heterocycles. The predicted octanol–water partition coefficient (Wildman–Crippen LogP) is 6.21. The van der Waals surface area contributed by atoms with Gasteiger partial charge in [-0.1, -0.05) is 85.0 Å². The molecule has 0 rings (SSSR count). The van der Waals surface area contributed by atoms with E-state index in [1.165, 1.54) is 44.9 Å². The first-order valence-electron chi connectivity index (χ1n) is 10.9. The third kappa shape index (κ3) is 16.4. The summed E-state index contributed by atoms with van der Waals surface area (Å²) in [5.74, 6) is 0.0428.